The van der Waals surface area contributed by atoms with E-state index in [1.165, 1.54) is 0 Å². The smallest absolute Gasteiger partial charge is 0.296 e. The van der Waals surface area contributed by atoms with Crippen LogP contribution in [0.5, 0.6) is 0 Å². The molecule has 0 fully saturated rings. The Kier molecular flexibility index (Phi) is 4.28. The molecule has 0 aliphatic carbocycles. The molecule has 0 bridgehead atoms. The van der Waals surface area contributed by atoms with E-state index in [9.17, 15) is 4.79 Å². The largest absolute Gasteiger partial charge is 0.486 e. The molecule has 0 amide bonds. The number of hydrogen-bond donors (Lipinski definition) is 1. The third-order valence-electron chi connectivity index (χ3n) is 2.02. The van der Waals surface area contributed by atoms with Crippen molar-refractivity contribution in [3.63, 3.8) is 0 Å². The summed E-state index contributed by atoms with van der Waals surface area (Å²) in [5.74, 6) is -0.994. The van der Waals surface area contributed by atoms with Crippen molar-refractivity contribution >= 4 is 5.97 Å². The van der Waals surface area contributed by atoms with Crippen LogP contribution in [0.2, 0.25) is 0 Å². The summed E-state index contributed by atoms with van der Waals surface area (Å²) in [5, 5.41) is 8.70. The van der Waals surface area contributed by atoms with Crippen LogP contribution in [0.4, 0.5) is 0 Å². The Morgan fingerprint density at radius 3 is 2.31 bits per heavy atom. The molecule has 0 radical (unpaired) electrons. The van der Waals surface area contributed by atoms with E-state index in [1.807, 2.05) is 13.8 Å². The summed E-state index contributed by atoms with van der Waals surface area (Å²) < 4.78 is 0. The molecule has 0 aromatic carbocycles. The third-order valence-corrected chi connectivity index (χ3v) is 2.02. The Labute approximate surface area is 91.5 Å². The molecule has 13 heavy (non-hydrogen) atoms. The monoisotopic (exact) mass is 348 g/mol. The van der Waals surface area contributed by atoms with E-state index < -0.39 is 5.97 Å². The normalized spacial score (nSPS) is 9.15. The van der Waals surface area contributed by atoms with Crippen LogP contribution in [0.1, 0.15) is 27.2 Å². The third kappa shape index (κ3) is 2.38. The standard InChI is InChI=1S/C9H10NO2.W/c1-5-4-10-8(9(11)12)7(3)6(5)2;/h1-3H3,(H,11,12);/q-1;. The predicted molar refractivity (Wildman–Crippen MR) is 44.2 cm³/mol. The number of hydrogen-bond acceptors (Lipinski definition) is 2. The second kappa shape index (κ2) is 4.52. The van der Waals surface area contributed by atoms with Crippen molar-refractivity contribution in [2.75, 3.05) is 0 Å². The molecule has 70 valence electrons. The maximum Gasteiger partial charge on any atom is 0.296 e. The number of rotatable bonds is 1. The molecule has 1 heterocycles. The maximum absolute atomic E-state index is 10.6. The zero-order valence-electron chi connectivity index (χ0n) is 7.71. The van der Waals surface area contributed by atoms with Gasteiger partial charge < -0.3 is 10.1 Å². The average molecular weight is 348 g/mol. The molecule has 0 unspecified atom stereocenters. The van der Waals surface area contributed by atoms with Crippen LogP contribution in [0.15, 0.2) is 0 Å². The summed E-state index contributed by atoms with van der Waals surface area (Å²) in [6.07, 6.45) is 2.66. The summed E-state index contributed by atoms with van der Waals surface area (Å²) in [5.41, 5.74) is 2.66. The van der Waals surface area contributed by atoms with Crippen LogP contribution >= 0.6 is 0 Å². The topological polar surface area (TPSA) is 50.2 Å². The maximum atomic E-state index is 10.6. The molecule has 4 heteroatoms. The van der Waals surface area contributed by atoms with Crippen molar-refractivity contribution in [2.45, 2.75) is 20.8 Å². The zero-order chi connectivity index (χ0) is 9.30. The van der Waals surface area contributed by atoms with Gasteiger partial charge in [-0.25, -0.2) is 0 Å². The van der Waals surface area contributed by atoms with E-state index in [0.29, 0.717) is 0 Å². The fourth-order valence-electron chi connectivity index (χ4n) is 0.975. The van der Waals surface area contributed by atoms with Crippen LogP contribution in [-0.2, 0) is 21.1 Å². The molecule has 1 rings (SSSR count). The Hall–Kier alpha value is -0.692. The average Bonchev–Trinajstić information content (AvgIpc) is 2.00. The fraction of sp³-hybridized carbons (Fsp3) is 0.333. The van der Waals surface area contributed by atoms with E-state index in [-0.39, 0.29) is 26.8 Å². The minimum Gasteiger partial charge on any atom is -0.486 e. The molecule has 1 aromatic heterocycles. The molecule has 0 saturated heterocycles. The van der Waals surface area contributed by atoms with E-state index in [0.717, 1.165) is 16.7 Å². The molecular weight excluding hydrogens is 338 g/mol. The second-order valence-corrected chi connectivity index (χ2v) is 2.75. The number of carbonyl (C=O) groups is 1. The number of carboxylic acid groups (broad SMARTS) is 1. The molecule has 0 spiro atoms. The van der Waals surface area contributed by atoms with Gasteiger partial charge in [-0.3, -0.25) is 4.79 Å². The molecule has 0 aliphatic heterocycles. The quantitative estimate of drug-likeness (QED) is 0.783. The van der Waals surface area contributed by atoms with Gasteiger partial charge in [-0.1, -0.05) is 27.0 Å². The number of aryl methyl sites for hydroxylation is 1. The van der Waals surface area contributed by atoms with Gasteiger partial charge in [0.2, 0.25) is 0 Å². The van der Waals surface area contributed by atoms with Crippen molar-refractivity contribution < 1.29 is 31.0 Å². The Balaban J connectivity index is 0.00000144. The summed E-state index contributed by atoms with van der Waals surface area (Å²) in [7, 11) is 0. The Morgan fingerprint density at radius 2 is 1.85 bits per heavy atom. The molecule has 1 aromatic rings. The number of aromatic nitrogens is 1. The molecule has 3 nitrogen and oxygen atoms in total. The van der Waals surface area contributed by atoms with Crippen molar-refractivity contribution in [3.05, 3.63) is 28.6 Å². The second-order valence-electron chi connectivity index (χ2n) is 2.75. The number of pyridine rings is 1. The van der Waals surface area contributed by atoms with Crippen molar-refractivity contribution in [1.29, 1.82) is 0 Å². The van der Waals surface area contributed by atoms with Gasteiger partial charge in [-0.15, -0.1) is 16.7 Å². The SMILES string of the molecule is Cc1[c-]nc(C(=O)O)c(C)c1C.[W]. The first kappa shape index (κ1) is 12.3. The van der Waals surface area contributed by atoms with Crippen LogP contribution < -0.4 is 0 Å². The van der Waals surface area contributed by atoms with Gasteiger partial charge in [0, 0.05) is 26.8 Å². The van der Waals surface area contributed by atoms with Gasteiger partial charge in [0.05, 0.1) is 0 Å². The van der Waals surface area contributed by atoms with E-state index in [1.54, 1.807) is 6.92 Å². The fourth-order valence-corrected chi connectivity index (χ4v) is 0.975. The van der Waals surface area contributed by atoms with Gasteiger partial charge in [-0.05, 0) is 0 Å². The first-order valence-electron chi connectivity index (χ1n) is 3.62. The Bertz CT molecular complexity index is 337. The predicted octanol–water partition coefficient (Wildman–Crippen LogP) is 1.50. The molecule has 1 N–H and O–H groups in total. The summed E-state index contributed by atoms with van der Waals surface area (Å²) in [6, 6.07) is 0. The minimum absolute atomic E-state index is 0. The summed E-state index contributed by atoms with van der Waals surface area (Å²) in [4.78, 5) is 14.3. The van der Waals surface area contributed by atoms with Gasteiger partial charge in [0.25, 0.3) is 5.97 Å². The minimum atomic E-state index is -0.994. The van der Waals surface area contributed by atoms with E-state index in [4.69, 9.17) is 5.11 Å². The van der Waals surface area contributed by atoms with Crippen molar-refractivity contribution in [3.8, 4) is 0 Å². The van der Waals surface area contributed by atoms with Crippen LogP contribution in [0, 0.1) is 27.0 Å². The van der Waals surface area contributed by atoms with Gasteiger partial charge in [0.15, 0.2) is 0 Å². The van der Waals surface area contributed by atoms with Crippen LogP contribution in [0.25, 0.3) is 0 Å². The van der Waals surface area contributed by atoms with Crippen LogP contribution in [-0.4, -0.2) is 16.1 Å². The van der Waals surface area contributed by atoms with E-state index in [2.05, 4.69) is 11.2 Å². The Morgan fingerprint density at radius 1 is 1.31 bits per heavy atom. The van der Waals surface area contributed by atoms with Gasteiger partial charge >= 0.3 is 0 Å². The molecule has 0 saturated carbocycles. The van der Waals surface area contributed by atoms with Gasteiger partial charge in [0.1, 0.15) is 0 Å². The first-order chi connectivity index (χ1) is 5.54. The van der Waals surface area contributed by atoms with Crippen molar-refractivity contribution in [1.82, 2.24) is 4.98 Å². The van der Waals surface area contributed by atoms with Gasteiger partial charge in [-0.2, -0.15) is 0 Å². The number of nitrogens with zero attached hydrogens (tertiary/aromatic N) is 1. The number of carboxylic acids is 1. The first-order valence-corrected chi connectivity index (χ1v) is 3.62. The summed E-state index contributed by atoms with van der Waals surface area (Å²) in [6.45, 7) is 5.49. The van der Waals surface area contributed by atoms with Crippen LogP contribution in [0.3, 0.4) is 0 Å². The molecule has 0 aliphatic rings. The van der Waals surface area contributed by atoms with E-state index >= 15 is 0 Å². The van der Waals surface area contributed by atoms with Crippen molar-refractivity contribution in [2.24, 2.45) is 0 Å². The molecule has 0 atom stereocenters. The number of aromatic carboxylic acids is 1. The zero-order valence-corrected chi connectivity index (χ0v) is 10.6. The summed E-state index contributed by atoms with van der Waals surface area (Å²) >= 11 is 0. The molecular formula is C9H10NO2W-.